The highest BCUT2D eigenvalue weighted by Crippen LogP contribution is 2.08. The molecule has 6 nitrogen and oxygen atoms in total. The number of aromatic amines is 1. The van der Waals surface area contributed by atoms with E-state index in [9.17, 15) is 9.59 Å². The third kappa shape index (κ3) is 4.80. The zero-order valence-corrected chi connectivity index (χ0v) is 15.6. The molecule has 0 fully saturated rings. The van der Waals surface area contributed by atoms with Crippen molar-refractivity contribution in [1.82, 2.24) is 20.2 Å². The van der Waals surface area contributed by atoms with E-state index in [2.05, 4.69) is 15.3 Å². The zero-order chi connectivity index (χ0) is 19.2. The molecule has 2 N–H and O–H groups in total. The van der Waals surface area contributed by atoms with Gasteiger partial charge in [-0.1, -0.05) is 42.5 Å². The van der Waals surface area contributed by atoms with Crippen molar-refractivity contribution in [1.29, 1.82) is 0 Å². The number of nitrogens with zero attached hydrogens (tertiary/aromatic N) is 2. The Balaban J connectivity index is 1.57. The number of amides is 1. The van der Waals surface area contributed by atoms with Crippen LogP contribution < -0.4 is 10.9 Å². The number of para-hydroxylation sites is 1. The summed E-state index contributed by atoms with van der Waals surface area (Å²) >= 11 is 0. The highest BCUT2D eigenvalue weighted by molar-refractivity contribution is 5.81. The molecule has 0 aliphatic heterocycles. The smallest absolute Gasteiger partial charge is 0.258 e. The van der Waals surface area contributed by atoms with Gasteiger partial charge in [-0.05, 0) is 38.1 Å². The molecule has 27 heavy (non-hydrogen) atoms. The Labute approximate surface area is 158 Å². The molecule has 3 rings (SSSR count). The molecule has 0 aliphatic rings. The molecule has 3 aromatic rings. The second-order valence-electron chi connectivity index (χ2n) is 6.65. The van der Waals surface area contributed by atoms with Crippen LogP contribution in [0.5, 0.6) is 0 Å². The molecule has 1 amide bonds. The van der Waals surface area contributed by atoms with Crippen LogP contribution in [0.4, 0.5) is 0 Å². The van der Waals surface area contributed by atoms with Gasteiger partial charge in [0, 0.05) is 6.54 Å². The Morgan fingerprint density at radius 1 is 1.15 bits per heavy atom. The molecule has 1 heterocycles. The predicted molar refractivity (Wildman–Crippen MR) is 106 cm³/mol. The van der Waals surface area contributed by atoms with Gasteiger partial charge >= 0.3 is 0 Å². The summed E-state index contributed by atoms with van der Waals surface area (Å²) in [6.07, 6.45) is 0.794. The van der Waals surface area contributed by atoms with Gasteiger partial charge < -0.3 is 10.3 Å². The quantitative estimate of drug-likeness (QED) is 0.673. The number of benzene rings is 2. The topological polar surface area (TPSA) is 78.1 Å². The van der Waals surface area contributed by atoms with Crippen molar-refractivity contribution >= 4 is 16.8 Å². The number of aromatic nitrogens is 2. The maximum atomic E-state index is 12.4. The monoisotopic (exact) mass is 364 g/mol. The summed E-state index contributed by atoms with van der Waals surface area (Å²) in [6.45, 7) is 2.82. The van der Waals surface area contributed by atoms with Gasteiger partial charge in [0.25, 0.3) is 5.56 Å². The molecule has 1 aromatic heterocycles. The van der Waals surface area contributed by atoms with E-state index in [1.54, 1.807) is 6.07 Å². The molecular formula is C21H24N4O2. The summed E-state index contributed by atoms with van der Waals surface area (Å²) in [5.74, 6) is 0.502. The fraction of sp³-hybridized carbons (Fsp3) is 0.286. The first-order valence-electron chi connectivity index (χ1n) is 9.04. The standard InChI is InChI=1S/C21H24N4O2/c1-15(20(26)22-13-12-16-8-4-3-5-9-16)25(2)14-19-23-18-11-7-6-10-17(18)21(27)24-19/h3-11,15H,12-14H2,1-2H3,(H,22,26)(H,23,24,27). The lowest BCUT2D eigenvalue weighted by atomic mass is 10.1. The average Bonchev–Trinajstić information content (AvgIpc) is 2.68. The third-order valence-corrected chi connectivity index (χ3v) is 4.66. The molecule has 0 aliphatic carbocycles. The minimum absolute atomic E-state index is 0.0448. The molecular weight excluding hydrogens is 340 g/mol. The summed E-state index contributed by atoms with van der Waals surface area (Å²) in [4.78, 5) is 33.7. The van der Waals surface area contributed by atoms with Crippen molar-refractivity contribution < 1.29 is 4.79 Å². The van der Waals surface area contributed by atoms with E-state index in [0.29, 0.717) is 29.8 Å². The summed E-state index contributed by atoms with van der Waals surface area (Å²) < 4.78 is 0. The number of rotatable bonds is 7. The summed E-state index contributed by atoms with van der Waals surface area (Å²) in [5.41, 5.74) is 1.69. The molecule has 140 valence electrons. The zero-order valence-electron chi connectivity index (χ0n) is 15.6. The minimum Gasteiger partial charge on any atom is -0.354 e. The van der Waals surface area contributed by atoms with Gasteiger partial charge in [0.15, 0.2) is 0 Å². The van der Waals surface area contributed by atoms with Gasteiger partial charge in [0.1, 0.15) is 5.82 Å². The largest absolute Gasteiger partial charge is 0.354 e. The lowest BCUT2D eigenvalue weighted by Crippen LogP contribution is -2.43. The summed E-state index contributed by atoms with van der Waals surface area (Å²) in [7, 11) is 1.84. The lowest BCUT2D eigenvalue weighted by Gasteiger charge is -2.23. The SMILES string of the molecule is CC(C(=O)NCCc1ccccc1)N(C)Cc1nc2ccccc2c(=O)[nH]1. The van der Waals surface area contributed by atoms with Crippen molar-refractivity contribution in [3.63, 3.8) is 0 Å². The highest BCUT2D eigenvalue weighted by Gasteiger charge is 2.18. The molecule has 6 heteroatoms. The van der Waals surface area contributed by atoms with Crippen LogP contribution in [0, 0.1) is 0 Å². The number of hydrogen-bond donors (Lipinski definition) is 2. The van der Waals surface area contributed by atoms with Gasteiger partial charge in [-0.25, -0.2) is 4.98 Å². The van der Waals surface area contributed by atoms with Crippen molar-refractivity contribution in [2.24, 2.45) is 0 Å². The first-order chi connectivity index (χ1) is 13.0. The van der Waals surface area contributed by atoms with Gasteiger partial charge in [-0.15, -0.1) is 0 Å². The van der Waals surface area contributed by atoms with E-state index in [0.717, 1.165) is 6.42 Å². The normalized spacial score (nSPS) is 12.3. The Bertz CT molecular complexity index is 969. The van der Waals surface area contributed by atoms with Crippen molar-refractivity contribution in [3.05, 3.63) is 76.3 Å². The van der Waals surface area contributed by atoms with Crippen LogP contribution in [-0.2, 0) is 17.8 Å². The number of carbonyl (C=O) groups is 1. The van der Waals surface area contributed by atoms with Crippen LogP contribution in [0.15, 0.2) is 59.4 Å². The number of likely N-dealkylation sites (N-methyl/N-ethyl adjacent to an activating group) is 1. The van der Waals surface area contributed by atoms with E-state index in [4.69, 9.17) is 0 Å². The molecule has 2 aromatic carbocycles. The van der Waals surface area contributed by atoms with Gasteiger partial charge in [-0.3, -0.25) is 14.5 Å². The molecule has 1 atom stereocenters. The van der Waals surface area contributed by atoms with Crippen molar-refractivity contribution in [3.8, 4) is 0 Å². The Hall–Kier alpha value is -2.99. The second-order valence-corrected chi connectivity index (χ2v) is 6.65. The van der Waals surface area contributed by atoms with E-state index >= 15 is 0 Å². The molecule has 0 bridgehead atoms. The van der Waals surface area contributed by atoms with Crippen LogP contribution >= 0.6 is 0 Å². The Morgan fingerprint density at radius 2 is 1.85 bits per heavy atom. The highest BCUT2D eigenvalue weighted by atomic mass is 16.2. The average molecular weight is 364 g/mol. The number of H-pyrrole nitrogens is 1. The minimum atomic E-state index is -0.336. The fourth-order valence-electron chi connectivity index (χ4n) is 2.91. The molecule has 0 spiro atoms. The van der Waals surface area contributed by atoms with E-state index < -0.39 is 0 Å². The van der Waals surface area contributed by atoms with Crippen molar-refractivity contribution in [2.75, 3.05) is 13.6 Å². The Morgan fingerprint density at radius 3 is 2.63 bits per heavy atom. The van der Waals surface area contributed by atoms with E-state index in [1.807, 2.05) is 67.4 Å². The number of fused-ring (bicyclic) bond motifs is 1. The van der Waals surface area contributed by atoms with E-state index in [-0.39, 0.29) is 17.5 Å². The maximum Gasteiger partial charge on any atom is 0.258 e. The first kappa shape index (κ1) is 18.8. The third-order valence-electron chi connectivity index (χ3n) is 4.66. The van der Waals surface area contributed by atoms with Crippen LogP contribution in [0.1, 0.15) is 18.3 Å². The summed E-state index contributed by atoms with van der Waals surface area (Å²) in [5, 5.41) is 3.53. The number of nitrogens with one attached hydrogen (secondary N) is 2. The first-order valence-corrected chi connectivity index (χ1v) is 9.04. The van der Waals surface area contributed by atoms with E-state index in [1.165, 1.54) is 5.56 Å². The van der Waals surface area contributed by atoms with Gasteiger partial charge in [0.2, 0.25) is 5.91 Å². The maximum absolute atomic E-state index is 12.4. The molecule has 0 saturated carbocycles. The van der Waals surface area contributed by atoms with Crippen LogP contribution in [-0.4, -0.2) is 40.4 Å². The van der Waals surface area contributed by atoms with Crippen molar-refractivity contribution in [2.45, 2.75) is 25.9 Å². The van der Waals surface area contributed by atoms with Crippen LogP contribution in [0.2, 0.25) is 0 Å². The Kier molecular flexibility index (Phi) is 5.98. The number of carbonyl (C=O) groups excluding carboxylic acids is 1. The van der Waals surface area contributed by atoms with Crippen LogP contribution in [0.3, 0.4) is 0 Å². The van der Waals surface area contributed by atoms with Gasteiger partial charge in [-0.2, -0.15) is 0 Å². The molecule has 0 radical (unpaired) electrons. The molecule has 1 unspecified atom stereocenters. The second kappa shape index (κ2) is 8.60. The summed E-state index contributed by atoms with van der Waals surface area (Å²) in [6, 6.07) is 16.9. The number of hydrogen-bond acceptors (Lipinski definition) is 4. The predicted octanol–water partition coefficient (Wildman–Crippen LogP) is 2.10. The lowest BCUT2D eigenvalue weighted by molar-refractivity contribution is -0.125. The molecule has 0 saturated heterocycles. The van der Waals surface area contributed by atoms with Gasteiger partial charge in [0.05, 0.1) is 23.5 Å². The fourth-order valence-corrected chi connectivity index (χ4v) is 2.91. The van der Waals surface area contributed by atoms with Crippen LogP contribution in [0.25, 0.3) is 10.9 Å².